The number of hydrogen-bond donors (Lipinski definition) is 5. The lowest BCUT2D eigenvalue weighted by Crippen LogP contribution is -2.63. The van der Waals surface area contributed by atoms with Crippen molar-refractivity contribution in [3.05, 3.63) is 61.1 Å². The molecule has 5 atom stereocenters. The molecule has 0 heterocycles. The van der Waals surface area contributed by atoms with Crippen molar-refractivity contribution >= 4 is 52.0 Å². The third-order valence-corrected chi connectivity index (χ3v) is 9.35. The van der Waals surface area contributed by atoms with E-state index >= 15 is 0 Å². The maximum atomic E-state index is 14.0. The number of rotatable bonds is 9. The molecule has 1 amide bonds. The molecule has 242 valence electrons. The highest BCUT2D eigenvalue weighted by Gasteiger charge is 2.63. The molecule has 0 bridgehead atoms. The molecule has 0 radical (unpaired) electrons. The summed E-state index contributed by atoms with van der Waals surface area (Å²) in [5, 5.41) is 45.0. The lowest BCUT2D eigenvalue weighted by Gasteiger charge is -2.50. The maximum Gasteiger partial charge on any atom is 0.344 e. The Kier molecular flexibility index (Phi) is 9.80. The largest absolute Gasteiger partial charge is 0.510 e. The molecule has 1 unspecified atom stereocenters. The molecule has 0 fully saturated rings. The molecular weight excluding hydrogens is 703 g/mol. The summed E-state index contributed by atoms with van der Waals surface area (Å²) in [5.74, 6) is -9.69. The predicted octanol–water partition coefficient (Wildman–Crippen LogP) is 1.72. The molecule has 45 heavy (non-hydrogen) atoms. The molecule has 14 heteroatoms. The maximum absolute atomic E-state index is 14.0. The van der Waals surface area contributed by atoms with Crippen molar-refractivity contribution in [2.45, 2.75) is 44.8 Å². The van der Waals surface area contributed by atoms with E-state index in [2.05, 4.69) is 0 Å². The number of ketones is 2. The standard InChI is InChI=1S/C31H35IN2O11/c1-5-44-29(41)15(12-18(32)30(42)45-6-2)9-13-7-8-19(35)21-16(13)10-14-11-17-23(34(3)4)25(37)22(28(33)40)27(39)31(17,43)26(38)20(14)24(21)36/h7-8,12,14-15,17,23,35,37-38,43H,5-6,9-11H2,1-4H3,(H2,33,40)/b18-12-/t14-,15?,17-,23-,31-/m0/s1. The highest BCUT2D eigenvalue weighted by atomic mass is 127. The molecular formula is C31H35IN2O11. The van der Waals surface area contributed by atoms with Crippen LogP contribution in [0, 0.1) is 17.8 Å². The number of allylic oxidation sites excluding steroid dienone is 1. The summed E-state index contributed by atoms with van der Waals surface area (Å²) in [6, 6.07) is 1.68. The fraction of sp³-hybridized carbons (Fsp3) is 0.452. The number of carbonyl (C=O) groups is 5. The van der Waals surface area contributed by atoms with Gasteiger partial charge in [0, 0.05) is 11.5 Å². The van der Waals surface area contributed by atoms with E-state index in [0.29, 0.717) is 11.1 Å². The van der Waals surface area contributed by atoms with E-state index in [1.165, 1.54) is 17.0 Å². The van der Waals surface area contributed by atoms with Crippen LogP contribution in [0.1, 0.15) is 41.8 Å². The van der Waals surface area contributed by atoms with Gasteiger partial charge in [0.15, 0.2) is 11.4 Å². The minimum absolute atomic E-state index is 0.0178. The van der Waals surface area contributed by atoms with E-state index < -0.39 is 81.6 Å². The summed E-state index contributed by atoms with van der Waals surface area (Å²) in [5.41, 5.74) is 2.13. The second-order valence-corrected chi connectivity index (χ2v) is 12.5. The average Bonchev–Trinajstić information content (AvgIpc) is 2.95. The Bertz CT molecular complexity index is 1580. The number of aliphatic hydroxyl groups is 3. The molecule has 0 saturated heterocycles. The van der Waals surface area contributed by atoms with E-state index in [1.54, 1.807) is 56.6 Å². The molecule has 0 saturated carbocycles. The first-order chi connectivity index (χ1) is 21.1. The van der Waals surface area contributed by atoms with Gasteiger partial charge in [0.1, 0.15) is 22.8 Å². The van der Waals surface area contributed by atoms with Crippen molar-refractivity contribution in [1.29, 1.82) is 0 Å². The molecule has 6 N–H and O–H groups in total. The van der Waals surface area contributed by atoms with Crippen LogP contribution in [-0.2, 0) is 41.5 Å². The first-order valence-corrected chi connectivity index (χ1v) is 15.4. The highest BCUT2D eigenvalue weighted by molar-refractivity contribution is 14.1. The Morgan fingerprint density at radius 3 is 2.36 bits per heavy atom. The second-order valence-electron chi connectivity index (χ2n) is 11.4. The lowest BCUT2D eigenvalue weighted by atomic mass is 9.58. The van der Waals surface area contributed by atoms with Crippen molar-refractivity contribution in [1.82, 2.24) is 4.90 Å². The van der Waals surface area contributed by atoms with Crippen molar-refractivity contribution in [2.75, 3.05) is 27.3 Å². The number of phenolic OH excluding ortho intramolecular Hbond substituents is 1. The number of amides is 1. The summed E-state index contributed by atoms with van der Waals surface area (Å²) in [7, 11) is 3.09. The number of likely N-dealkylation sites (N-methyl/N-ethyl adjacent to an activating group) is 1. The quantitative estimate of drug-likeness (QED) is 0.106. The average molecular weight is 739 g/mol. The van der Waals surface area contributed by atoms with E-state index in [0.717, 1.165) is 0 Å². The number of halogens is 1. The molecule has 1 aromatic rings. The Morgan fingerprint density at radius 2 is 1.78 bits per heavy atom. The molecule has 0 aliphatic heterocycles. The smallest absolute Gasteiger partial charge is 0.344 e. The van der Waals surface area contributed by atoms with Crippen LogP contribution in [0.4, 0.5) is 0 Å². The number of benzene rings is 1. The van der Waals surface area contributed by atoms with Crippen LogP contribution in [0.2, 0.25) is 0 Å². The molecule has 3 aliphatic carbocycles. The number of ether oxygens (including phenoxy) is 2. The fourth-order valence-electron chi connectivity index (χ4n) is 6.65. The first-order valence-electron chi connectivity index (χ1n) is 14.3. The van der Waals surface area contributed by atoms with Gasteiger partial charge in [-0.25, -0.2) is 4.79 Å². The molecule has 0 aromatic heterocycles. The van der Waals surface area contributed by atoms with Crippen molar-refractivity contribution in [3.63, 3.8) is 0 Å². The number of Topliss-reactive ketones (excluding diaryl/α,β-unsaturated/α-hetero) is 2. The Hall–Kier alpha value is -3.76. The number of phenols is 1. The Morgan fingerprint density at radius 1 is 1.13 bits per heavy atom. The molecule has 1 aromatic carbocycles. The van der Waals surface area contributed by atoms with Gasteiger partial charge in [-0.15, -0.1) is 0 Å². The van der Waals surface area contributed by atoms with Gasteiger partial charge in [0.25, 0.3) is 5.91 Å². The van der Waals surface area contributed by atoms with Gasteiger partial charge < -0.3 is 35.6 Å². The van der Waals surface area contributed by atoms with Crippen molar-refractivity contribution < 1.29 is 53.9 Å². The topological polar surface area (TPSA) is 214 Å². The minimum atomic E-state index is -2.75. The van der Waals surface area contributed by atoms with Crippen LogP contribution >= 0.6 is 22.6 Å². The highest BCUT2D eigenvalue weighted by Crippen LogP contribution is 2.52. The van der Waals surface area contributed by atoms with Crippen LogP contribution < -0.4 is 5.73 Å². The van der Waals surface area contributed by atoms with Gasteiger partial charge >= 0.3 is 11.9 Å². The molecule has 13 nitrogen and oxygen atoms in total. The van der Waals surface area contributed by atoms with Crippen LogP contribution in [-0.4, -0.2) is 93.7 Å². The SMILES string of the molecule is CCOC(=O)/C(I)=C/C(Cc1ccc(O)c2c1C[C@H]1C[C@H]3[C@H](N(C)C)C(O)=C(C(N)=O)C(=O)[C@@]3(O)C(O)=C1C2=O)C(=O)OCC. The summed E-state index contributed by atoms with van der Waals surface area (Å²) in [6.45, 7) is 3.50. The first kappa shape index (κ1) is 34.1. The van der Waals surface area contributed by atoms with Crippen LogP contribution in [0.25, 0.3) is 0 Å². The zero-order valence-corrected chi connectivity index (χ0v) is 27.3. The molecule has 0 spiro atoms. The second kappa shape index (κ2) is 12.9. The van der Waals surface area contributed by atoms with Crippen molar-refractivity contribution in [3.8, 4) is 5.75 Å². The number of esters is 2. The normalized spacial score (nSPS) is 25.4. The van der Waals surface area contributed by atoms with Crippen LogP contribution in [0.3, 0.4) is 0 Å². The van der Waals surface area contributed by atoms with E-state index in [9.17, 15) is 44.4 Å². The third kappa shape index (κ3) is 5.74. The monoisotopic (exact) mass is 738 g/mol. The number of primary amides is 1. The van der Waals surface area contributed by atoms with Crippen LogP contribution in [0.15, 0.2) is 44.5 Å². The zero-order valence-electron chi connectivity index (χ0n) is 25.1. The summed E-state index contributed by atoms with van der Waals surface area (Å²) in [6.07, 6.45) is 1.37. The van der Waals surface area contributed by atoms with E-state index in [-0.39, 0.29) is 47.2 Å². The fourth-order valence-corrected chi connectivity index (χ4v) is 7.24. The van der Waals surface area contributed by atoms with Gasteiger partial charge in [-0.05, 0) is 99.0 Å². The molecule has 3 aliphatic rings. The number of aromatic hydroxyl groups is 1. The van der Waals surface area contributed by atoms with Gasteiger partial charge in [-0.2, -0.15) is 0 Å². The minimum Gasteiger partial charge on any atom is -0.510 e. The van der Waals surface area contributed by atoms with Gasteiger partial charge in [0.2, 0.25) is 5.78 Å². The Balaban J connectivity index is 1.85. The zero-order chi connectivity index (χ0) is 33.5. The summed E-state index contributed by atoms with van der Waals surface area (Å²) >= 11 is 1.77. The number of carbonyl (C=O) groups excluding carboxylic acids is 5. The van der Waals surface area contributed by atoms with Crippen LogP contribution in [0.5, 0.6) is 5.75 Å². The number of nitrogens with two attached hydrogens (primary N) is 1. The predicted molar refractivity (Wildman–Crippen MR) is 166 cm³/mol. The van der Waals surface area contributed by atoms with E-state index in [4.69, 9.17) is 15.2 Å². The lowest BCUT2D eigenvalue weighted by molar-refractivity contribution is -0.148. The molecule has 4 rings (SSSR count). The Labute approximate surface area is 272 Å². The number of nitrogens with zero attached hydrogens (tertiary/aromatic N) is 1. The van der Waals surface area contributed by atoms with Gasteiger partial charge in [-0.1, -0.05) is 6.07 Å². The number of fused-ring (bicyclic) bond motifs is 3. The number of aliphatic hydroxyl groups excluding tert-OH is 2. The third-order valence-electron chi connectivity index (χ3n) is 8.55. The van der Waals surface area contributed by atoms with E-state index in [1.807, 2.05) is 0 Å². The number of hydrogen-bond acceptors (Lipinski definition) is 12. The summed E-state index contributed by atoms with van der Waals surface area (Å²) < 4.78 is 10.4. The van der Waals surface area contributed by atoms with Gasteiger partial charge in [0.05, 0.1) is 34.3 Å². The summed E-state index contributed by atoms with van der Waals surface area (Å²) in [4.78, 5) is 66.3. The van der Waals surface area contributed by atoms with Gasteiger partial charge in [-0.3, -0.25) is 24.1 Å². The van der Waals surface area contributed by atoms with Crippen molar-refractivity contribution in [2.24, 2.45) is 23.5 Å².